The maximum absolute atomic E-state index is 11.7. The van der Waals surface area contributed by atoms with Crippen molar-refractivity contribution in [1.29, 1.82) is 0 Å². The Bertz CT molecular complexity index is 278. The number of piperidine rings is 1. The van der Waals surface area contributed by atoms with E-state index in [0.717, 1.165) is 25.9 Å². The predicted octanol–water partition coefficient (Wildman–Crippen LogP) is -0.106. The summed E-state index contributed by atoms with van der Waals surface area (Å²) in [5, 5.41) is 2.95. The minimum absolute atomic E-state index is 0.0812. The molecule has 1 heterocycles. The molecule has 1 rings (SSSR count). The molecule has 5 nitrogen and oxygen atoms in total. The predicted molar refractivity (Wildman–Crippen MR) is 67.0 cm³/mol. The Hall–Kier alpha value is -0.810. The molecule has 2 amide bonds. The number of carbonyl (C=O) groups excluding carboxylic acids is 2. The number of likely N-dealkylation sites (N-methyl/N-ethyl adjacent to an activating group) is 1. The molecular weight excluding hydrogens is 242 g/mol. The van der Waals surface area contributed by atoms with Crippen LogP contribution in [-0.4, -0.2) is 67.3 Å². The molecule has 0 aromatic rings. The summed E-state index contributed by atoms with van der Waals surface area (Å²) in [5.41, 5.74) is 0. The summed E-state index contributed by atoms with van der Waals surface area (Å²) in [5.74, 6) is -0.427. The van der Waals surface area contributed by atoms with Crippen molar-refractivity contribution in [2.24, 2.45) is 0 Å². The van der Waals surface area contributed by atoms with Crippen LogP contribution in [0, 0.1) is 0 Å². The van der Waals surface area contributed by atoms with Crippen LogP contribution in [0.1, 0.15) is 12.8 Å². The molecule has 98 valence electrons. The van der Waals surface area contributed by atoms with Gasteiger partial charge in [-0.3, -0.25) is 9.59 Å². The molecule has 1 N–H and O–H groups in total. The molecule has 17 heavy (non-hydrogen) atoms. The van der Waals surface area contributed by atoms with Gasteiger partial charge in [-0.1, -0.05) is 0 Å². The normalized spacial score (nSPS) is 17.8. The molecule has 6 heteroatoms. The second kappa shape index (κ2) is 6.81. The van der Waals surface area contributed by atoms with Crippen molar-refractivity contribution in [3.05, 3.63) is 0 Å². The molecule has 0 atom stereocenters. The Labute approximate surface area is 107 Å². The van der Waals surface area contributed by atoms with Crippen LogP contribution in [0.2, 0.25) is 0 Å². The van der Waals surface area contributed by atoms with Crippen molar-refractivity contribution in [1.82, 2.24) is 15.1 Å². The van der Waals surface area contributed by atoms with Crippen molar-refractivity contribution < 1.29 is 9.59 Å². The van der Waals surface area contributed by atoms with E-state index in [1.165, 1.54) is 4.90 Å². The summed E-state index contributed by atoms with van der Waals surface area (Å²) in [7, 11) is 3.66. The standard InChI is InChI=1S/C11H20ClN3O2/c1-14-5-3-9(4-6-14)13-10(16)8-15(2)11(17)7-12/h9H,3-8H2,1-2H3,(H,13,16). The van der Waals surface area contributed by atoms with Crippen LogP contribution in [0.15, 0.2) is 0 Å². The van der Waals surface area contributed by atoms with Crippen LogP contribution in [0.4, 0.5) is 0 Å². The third-order valence-corrected chi connectivity index (χ3v) is 3.23. The summed E-state index contributed by atoms with van der Waals surface area (Å²) >= 11 is 5.41. The number of nitrogens with one attached hydrogen (secondary N) is 1. The Kier molecular flexibility index (Phi) is 5.71. The second-order valence-corrected chi connectivity index (χ2v) is 4.80. The highest BCUT2D eigenvalue weighted by atomic mass is 35.5. The SMILES string of the molecule is CN1CCC(NC(=O)CN(C)C(=O)CCl)CC1. The molecule has 0 saturated carbocycles. The zero-order valence-corrected chi connectivity index (χ0v) is 11.2. The number of halogens is 1. The zero-order chi connectivity index (χ0) is 12.8. The number of alkyl halides is 1. The lowest BCUT2D eigenvalue weighted by Crippen LogP contribution is -2.47. The Morgan fingerprint density at radius 1 is 1.41 bits per heavy atom. The lowest BCUT2D eigenvalue weighted by Gasteiger charge is -2.29. The van der Waals surface area contributed by atoms with E-state index < -0.39 is 0 Å². The van der Waals surface area contributed by atoms with Crippen LogP contribution >= 0.6 is 11.6 Å². The minimum atomic E-state index is -0.231. The monoisotopic (exact) mass is 261 g/mol. The lowest BCUT2D eigenvalue weighted by molar-refractivity contribution is -0.133. The summed E-state index contributed by atoms with van der Waals surface area (Å²) in [6.07, 6.45) is 1.94. The van der Waals surface area contributed by atoms with Crippen molar-refractivity contribution in [3.63, 3.8) is 0 Å². The van der Waals surface area contributed by atoms with Crippen molar-refractivity contribution in [3.8, 4) is 0 Å². The average molecular weight is 262 g/mol. The molecule has 1 aliphatic rings. The Morgan fingerprint density at radius 2 is 2.00 bits per heavy atom. The topological polar surface area (TPSA) is 52.7 Å². The van der Waals surface area contributed by atoms with Gasteiger partial charge in [-0.15, -0.1) is 11.6 Å². The van der Waals surface area contributed by atoms with Gasteiger partial charge in [0.15, 0.2) is 0 Å². The lowest BCUT2D eigenvalue weighted by atomic mass is 10.1. The van der Waals surface area contributed by atoms with Gasteiger partial charge < -0.3 is 15.1 Å². The third-order valence-electron chi connectivity index (χ3n) is 3.00. The fourth-order valence-electron chi connectivity index (χ4n) is 1.83. The molecule has 0 bridgehead atoms. The van der Waals surface area contributed by atoms with Gasteiger partial charge in [-0.2, -0.15) is 0 Å². The number of hydrogen-bond donors (Lipinski definition) is 1. The summed E-state index contributed by atoms with van der Waals surface area (Å²) in [6, 6.07) is 0.234. The van der Waals surface area contributed by atoms with Crippen LogP contribution < -0.4 is 5.32 Å². The van der Waals surface area contributed by atoms with Gasteiger partial charge >= 0.3 is 0 Å². The van der Waals surface area contributed by atoms with Gasteiger partial charge in [0.2, 0.25) is 11.8 Å². The molecule has 0 aromatic carbocycles. The van der Waals surface area contributed by atoms with E-state index in [2.05, 4.69) is 17.3 Å². The van der Waals surface area contributed by atoms with Crippen LogP contribution in [0.5, 0.6) is 0 Å². The van der Waals surface area contributed by atoms with Crippen LogP contribution in [-0.2, 0) is 9.59 Å². The minimum Gasteiger partial charge on any atom is -0.352 e. The van der Waals surface area contributed by atoms with E-state index in [9.17, 15) is 9.59 Å². The molecule has 1 aliphatic heterocycles. The zero-order valence-electron chi connectivity index (χ0n) is 10.4. The van der Waals surface area contributed by atoms with Gasteiger partial charge in [-0.25, -0.2) is 0 Å². The number of rotatable bonds is 4. The van der Waals surface area contributed by atoms with Crippen molar-refractivity contribution in [2.75, 3.05) is 39.6 Å². The first-order valence-electron chi connectivity index (χ1n) is 5.80. The quantitative estimate of drug-likeness (QED) is 0.719. The Balaban J connectivity index is 2.27. The van der Waals surface area contributed by atoms with E-state index in [1.807, 2.05) is 0 Å². The average Bonchev–Trinajstić information content (AvgIpc) is 2.30. The van der Waals surface area contributed by atoms with Crippen molar-refractivity contribution in [2.45, 2.75) is 18.9 Å². The fraction of sp³-hybridized carbons (Fsp3) is 0.818. The number of carbonyl (C=O) groups is 2. The number of hydrogen-bond acceptors (Lipinski definition) is 3. The van der Waals surface area contributed by atoms with Crippen molar-refractivity contribution >= 4 is 23.4 Å². The molecule has 1 fully saturated rings. The van der Waals surface area contributed by atoms with E-state index in [1.54, 1.807) is 7.05 Å². The van der Waals surface area contributed by atoms with Gasteiger partial charge in [0.1, 0.15) is 5.88 Å². The van der Waals surface area contributed by atoms with Gasteiger partial charge in [-0.05, 0) is 33.0 Å². The number of amides is 2. The first kappa shape index (κ1) is 14.3. The molecule has 0 radical (unpaired) electrons. The fourth-order valence-corrected chi connectivity index (χ4v) is 2.04. The molecule has 0 unspecified atom stereocenters. The highest BCUT2D eigenvalue weighted by Crippen LogP contribution is 2.07. The molecule has 0 spiro atoms. The van der Waals surface area contributed by atoms with E-state index in [4.69, 9.17) is 11.6 Å². The molecule has 1 saturated heterocycles. The number of nitrogens with zero attached hydrogens (tertiary/aromatic N) is 2. The van der Waals surface area contributed by atoms with E-state index >= 15 is 0 Å². The van der Waals surface area contributed by atoms with Crippen LogP contribution in [0.25, 0.3) is 0 Å². The maximum Gasteiger partial charge on any atom is 0.239 e. The third kappa shape index (κ3) is 4.91. The summed E-state index contributed by atoms with van der Waals surface area (Å²) < 4.78 is 0. The molecule has 0 aliphatic carbocycles. The molecular formula is C11H20ClN3O2. The van der Waals surface area contributed by atoms with Crippen LogP contribution in [0.3, 0.4) is 0 Å². The summed E-state index contributed by atoms with van der Waals surface area (Å²) in [4.78, 5) is 26.4. The summed E-state index contributed by atoms with van der Waals surface area (Å²) in [6.45, 7) is 2.08. The van der Waals surface area contributed by atoms with Gasteiger partial charge in [0.05, 0.1) is 6.54 Å². The first-order chi connectivity index (χ1) is 8.02. The highest BCUT2D eigenvalue weighted by Gasteiger charge is 2.19. The first-order valence-corrected chi connectivity index (χ1v) is 6.34. The smallest absolute Gasteiger partial charge is 0.239 e. The maximum atomic E-state index is 11.7. The Morgan fingerprint density at radius 3 is 2.53 bits per heavy atom. The number of likely N-dealkylation sites (tertiary alicyclic amines) is 1. The van der Waals surface area contributed by atoms with Gasteiger partial charge in [0.25, 0.3) is 0 Å². The molecule has 0 aromatic heterocycles. The second-order valence-electron chi connectivity index (χ2n) is 4.53. The van der Waals surface area contributed by atoms with E-state index in [-0.39, 0.29) is 30.3 Å². The highest BCUT2D eigenvalue weighted by molar-refractivity contribution is 6.27. The van der Waals surface area contributed by atoms with E-state index in [0.29, 0.717) is 0 Å². The largest absolute Gasteiger partial charge is 0.352 e. The van der Waals surface area contributed by atoms with Gasteiger partial charge in [0, 0.05) is 13.1 Å².